The first kappa shape index (κ1) is 20.7. The van der Waals surface area contributed by atoms with Crippen LogP contribution in [0.15, 0.2) is 53.4 Å². The number of sulfonamides is 1. The zero-order valence-corrected chi connectivity index (χ0v) is 15.8. The lowest BCUT2D eigenvalue weighted by Gasteiger charge is -2.18. The number of hydrogen-bond acceptors (Lipinski definition) is 3. The molecule has 0 aliphatic carbocycles. The van der Waals surface area contributed by atoms with Gasteiger partial charge in [-0.2, -0.15) is 4.31 Å². The van der Waals surface area contributed by atoms with E-state index in [1.54, 1.807) is 26.0 Å². The molecule has 2 aromatic carbocycles. The van der Waals surface area contributed by atoms with Crippen LogP contribution in [0.3, 0.4) is 0 Å². The molecule has 0 bridgehead atoms. The van der Waals surface area contributed by atoms with E-state index in [-0.39, 0.29) is 10.6 Å². The van der Waals surface area contributed by atoms with Gasteiger partial charge in [0.05, 0.1) is 10.6 Å². The van der Waals surface area contributed by atoms with Gasteiger partial charge in [0, 0.05) is 25.2 Å². The summed E-state index contributed by atoms with van der Waals surface area (Å²) in [6.07, 6.45) is 2.64. The van der Waals surface area contributed by atoms with Gasteiger partial charge in [-0.25, -0.2) is 17.2 Å². The fourth-order valence-corrected chi connectivity index (χ4v) is 3.86. The zero-order chi connectivity index (χ0) is 20.0. The Balaban J connectivity index is 2.08. The van der Waals surface area contributed by atoms with Crippen LogP contribution in [-0.2, 0) is 14.8 Å². The van der Waals surface area contributed by atoms with Crippen molar-refractivity contribution in [3.05, 3.63) is 65.7 Å². The molecule has 1 amide bonds. The van der Waals surface area contributed by atoms with Crippen molar-refractivity contribution in [2.24, 2.45) is 0 Å². The number of rotatable bonds is 7. The van der Waals surface area contributed by atoms with Gasteiger partial charge in [-0.15, -0.1) is 0 Å². The summed E-state index contributed by atoms with van der Waals surface area (Å²) in [7, 11) is -3.54. The molecular formula is C19H20F2N2O3S. The average Bonchev–Trinajstić information content (AvgIpc) is 2.63. The monoisotopic (exact) mass is 394 g/mol. The smallest absolute Gasteiger partial charge is 0.248 e. The summed E-state index contributed by atoms with van der Waals surface area (Å²) in [6.45, 7) is 4.28. The third kappa shape index (κ3) is 5.21. The highest BCUT2D eigenvalue weighted by Gasteiger charge is 2.20. The average molecular weight is 394 g/mol. The normalized spacial score (nSPS) is 11.9. The number of amides is 1. The van der Waals surface area contributed by atoms with Crippen LogP contribution < -0.4 is 5.32 Å². The zero-order valence-electron chi connectivity index (χ0n) is 14.9. The quantitative estimate of drug-likeness (QED) is 0.729. The second kappa shape index (κ2) is 8.88. The molecule has 1 N–H and O–H groups in total. The van der Waals surface area contributed by atoms with E-state index in [9.17, 15) is 22.0 Å². The fraction of sp³-hybridized carbons (Fsp3) is 0.211. The molecule has 0 unspecified atom stereocenters. The number of carbonyl (C=O) groups excluding carboxylic acids is 1. The summed E-state index contributed by atoms with van der Waals surface area (Å²) < 4.78 is 52.5. The Morgan fingerprint density at radius 1 is 1.07 bits per heavy atom. The predicted octanol–water partition coefficient (Wildman–Crippen LogP) is 3.65. The highest BCUT2D eigenvalue weighted by molar-refractivity contribution is 7.89. The summed E-state index contributed by atoms with van der Waals surface area (Å²) >= 11 is 0. The third-order valence-corrected chi connectivity index (χ3v) is 5.90. The Morgan fingerprint density at radius 2 is 1.70 bits per heavy atom. The number of carbonyl (C=O) groups is 1. The lowest BCUT2D eigenvalue weighted by atomic mass is 10.2. The minimum Gasteiger partial charge on any atom is -0.320 e. The fourth-order valence-electron chi connectivity index (χ4n) is 2.40. The van der Waals surface area contributed by atoms with Crippen LogP contribution >= 0.6 is 0 Å². The van der Waals surface area contributed by atoms with Crippen molar-refractivity contribution < 1.29 is 22.0 Å². The van der Waals surface area contributed by atoms with E-state index in [2.05, 4.69) is 5.32 Å². The van der Waals surface area contributed by atoms with Crippen molar-refractivity contribution in [3.63, 3.8) is 0 Å². The highest BCUT2D eigenvalue weighted by Crippen LogP contribution is 2.17. The molecule has 0 aliphatic rings. The molecule has 0 radical (unpaired) electrons. The van der Waals surface area contributed by atoms with Gasteiger partial charge in [0.2, 0.25) is 15.9 Å². The van der Waals surface area contributed by atoms with E-state index in [1.165, 1.54) is 28.6 Å². The van der Waals surface area contributed by atoms with Crippen molar-refractivity contribution in [2.75, 3.05) is 18.4 Å². The van der Waals surface area contributed by atoms with E-state index < -0.39 is 27.6 Å². The van der Waals surface area contributed by atoms with Gasteiger partial charge in [0.25, 0.3) is 0 Å². The van der Waals surface area contributed by atoms with Crippen LogP contribution in [0, 0.1) is 11.6 Å². The van der Waals surface area contributed by atoms with Gasteiger partial charge in [-0.3, -0.25) is 4.79 Å². The van der Waals surface area contributed by atoms with E-state index in [4.69, 9.17) is 0 Å². The maximum Gasteiger partial charge on any atom is 0.248 e. The molecule has 8 heteroatoms. The van der Waals surface area contributed by atoms with E-state index in [0.717, 1.165) is 12.1 Å². The standard InChI is InChI=1S/C19H20F2N2O3S/c1-3-23(4-2)27(25,26)16-9-5-14(6-10-16)7-12-19(24)22-18-11-8-15(20)13-17(18)21/h5-13H,3-4H2,1-2H3,(H,22,24)/b12-7+. The van der Waals surface area contributed by atoms with Crippen molar-refractivity contribution in [1.29, 1.82) is 0 Å². The molecule has 2 rings (SSSR count). The van der Waals surface area contributed by atoms with Crippen LogP contribution in [0.2, 0.25) is 0 Å². The Bertz CT molecular complexity index is 938. The second-order valence-corrected chi connectivity index (χ2v) is 7.54. The number of hydrogen-bond donors (Lipinski definition) is 1. The second-order valence-electron chi connectivity index (χ2n) is 5.61. The topological polar surface area (TPSA) is 66.5 Å². The third-order valence-electron chi connectivity index (χ3n) is 3.84. The predicted molar refractivity (Wildman–Crippen MR) is 101 cm³/mol. The molecule has 2 aromatic rings. The molecule has 0 spiro atoms. The molecule has 0 aromatic heterocycles. The lowest BCUT2D eigenvalue weighted by molar-refractivity contribution is -0.111. The van der Waals surface area contributed by atoms with E-state index in [0.29, 0.717) is 24.7 Å². The summed E-state index contributed by atoms with van der Waals surface area (Å²) in [4.78, 5) is 12.0. The maximum atomic E-state index is 13.5. The van der Waals surface area contributed by atoms with E-state index in [1.807, 2.05) is 0 Å². The van der Waals surface area contributed by atoms with Gasteiger partial charge in [-0.1, -0.05) is 26.0 Å². The summed E-state index contributed by atoms with van der Waals surface area (Å²) in [5.41, 5.74) is 0.468. The molecule has 27 heavy (non-hydrogen) atoms. The highest BCUT2D eigenvalue weighted by atomic mass is 32.2. The summed E-state index contributed by atoms with van der Waals surface area (Å²) in [6, 6.07) is 8.90. The molecular weight excluding hydrogens is 374 g/mol. The minimum atomic E-state index is -3.54. The maximum absolute atomic E-state index is 13.5. The van der Waals surface area contributed by atoms with Gasteiger partial charge in [-0.05, 0) is 35.9 Å². The first-order valence-corrected chi connectivity index (χ1v) is 9.76. The Hall–Kier alpha value is -2.58. The SMILES string of the molecule is CCN(CC)S(=O)(=O)c1ccc(/C=C/C(=O)Nc2ccc(F)cc2F)cc1. The van der Waals surface area contributed by atoms with Crippen molar-refractivity contribution >= 4 is 27.7 Å². The Kier molecular flexibility index (Phi) is 6.81. The number of benzene rings is 2. The molecule has 0 fully saturated rings. The van der Waals surface area contributed by atoms with E-state index >= 15 is 0 Å². The molecule has 144 valence electrons. The van der Waals surface area contributed by atoms with Gasteiger partial charge in [0.15, 0.2) is 0 Å². The molecule has 0 saturated heterocycles. The van der Waals surface area contributed by atoms with Crippen LogP contribution in [0.5, 0.6) is 0 Å². The summed E-state index contributed by atoms with van der Waals surface area (Å²) in [5.74, 6) is -2.20. The molecule has 0 heterocycles. The molecule has 0 saturated carbocycles. The molecule has 5 nitrogen and oxygen atoms in total. The van der Waals surface area contributed by atoms with Crippen LogP contribution in [0.25, 0.3) is 6.08 Å². The van der Waals surface area contributed by atoms with Crippen molar-refractivity contribution in [3.8, 4) is 0 Å². The molecule has 0 aliphatic heterocycles. The molecule has 0 atom stereocenters. The number of anilines is 1. The Labute approximate surface area is 157 Å². The van der Waals surface area contributed by atoms with Crippen molar-refractivity contribution in [2.45, 2.75) is 18.7 Å². The van der Waals surface area contributed by atoms with Gasteiger partial charge in [0.1, 0.15) is 11.6 Å². The largest absolute Gasteiger partial charge is 0.320 e. The Morgan fingerprint density at radius 3 is 2.26 bits per heavy atom. The first-order valence-electron chi connectivity index (χ1n) is 8.32. The van der Waals surface area contributed by atoms with Gasteiger partial charge >= 0.3 is 0 Å². The minimum absolute atomic E-state index is 0.133. The summed E-state index contributed by atoms with van der Waals surface area (Å²) in [5, 5.41) is 2.30. The first-order chi connectivity index (χ1) is 12.8. The van der Waals surface area contributed by atoms with Crippen LogP contribution in [0.1, 0.15) is 19.4 Å². The number of nitrogens with zero attached hydrogens (tertiary/aromatic N) is 1. The van der Waals surface area contributed by atoms with Gasteiger partial charge < -0.3 is 5.32 Å². The lowest BCUT2D eigenvalue weighted by Crippen LogP contribution is -2.30. The van der Waals surface area contributed by atoms with Crippen LogP contribution in [-0.4, -0.2) is 31.7 Å². The van der Waals surface area contributed by atoms with Crippen molar-refractivity contribution in [1.82, 2.24) is 4.31 Å². The van der Waals surface area contributed by atoms with Crippen LogP contribution in [0.4, 0.5) is 14.5 Å². The number of nitrogens with one attached hydrogen (secondary N) is 1. The number of halogens is 2.